The zero-order valence-electron chi connectivity index (χ0n) is 16.2. The van der Waals surface area contributed by atoms with E-state index in [9.17, 15) is 0 Å². The van der Waals surface area contributed by atoms with E-state index in [0.717, 1.165) is 0 Å². The van der Waals surface area contributed by atoms with E-state index in [1.807, 2.05) is 0 Å². The summed E-state index contributed by atoms with van der Waals surface area (Å²) in [5, 5.41) is 1.31. The maximum absolute atomic E-state index is 2.45. The molecule has 0 unspecified atom stereocenters. The molecule has 26 heavy (non-hydrogen) atoms. The SMILES string of the molecule is Cc1cc(C)c(-n2c(-c3cccc[n+]3C)c(C)c3ccccc32)c(C)c1. The fraction of sp³-hybridized carbons (Fsp3) is 0.208. The second kappa shape index (κ2) is 6.14. The van der Waals surface area contributed by atoms with Crippen LogP contribution >= 0.6 is 0 Å². The number of fused-ring (bicyclic) bond motifs is 1. The van der Waals surface area contributed by atoms with Gasteiger partial charge in [0.1, 0.15) is 12.7 Å². The van der Waals surface area contributed by atoms with E-state index in [-0.39, 0.29) is 0 Å². The maximum atomic E-state index is 2.45. The Balaban J connectivity index is 2.20. The van der Waals surface area contributed by atoms with Crippen molar-refractivity contribution in [2.75, 3.05) is 0 Å². The Morgan fingerprint density at radius 3 is 2.15 bits per heavy atom. The van der Waals surface area contributed by atoms with E-state index in [2.05, 4.69) is 105 Å². The summed E-state index contributed by atoms with van der Waals surface area (Å²) in [6.07, 6.45) is 2.12. The van der Waals surface area contributed by atoms with Crippen LogP contribution in [0.5, 0.6) is 0 Å². The van der Waals surface area contributed by atoms with Crippen molar-refractivity contribution in [2.24, 2.45) is 7.05 Å². The Labute approximate surface area is 155 Å². The molecular weight excluding hydrogens is 316 g/mol. The first-order valence-electron chi connectivity index (χ1n) is 9.12. The van der Waals surface area contributed by atoms with Gasteiger partial charge in [-0.25, -0.2) is 0 Å². The van der Waals surface area contributed by atoms with Gasteiger partial charge in [-0.3, -0.25) is 0 Å². The molecule has 0 bridgehead atoms. The van der Waals surface area contributed by atoms with Gasteiger partial charge < -0.3 is 4.57 Å². The van der Waals surface area contributed by atoms with Crippen LogP contribution in [-0.4, -0.2) is 4.57 Å². The lowest BCUT2D eigenvalue weighted by Crippen LogP contribution is -2.31. The highest BCUT2D eigenvalue weighted by atomic mass is 15.0. The predicted octanol–water partition coefficient (Wildman–Crippen LogP) is 5.36. The molecule has 0 radical (unpaired) electrons. The Morgan fingerprint density at radius 2 is 1.46 bits per heavy atom. The molecule has 4 aromatic rings. The normalized spacial score (nSPS) is 11.3. The number of hydrogen-bond acceptors (Lipinski definition) is 0. The van der Waals surface area contributed by atoms with E-state index in [1.165, 1.54) is 50.2 Å². The third-order valence-electron chi connectivity index (χ3n) is 5.28. The number of pyridine rings is 1. The van der Waals surface area contributed by atoms with Crippen LogP contribution in [0.1, 0.15) is 22.3 Å². The molecule has 2 heterocycles. The van der Waals surface area contributed by atoms with Gasteiger partial charge in [-0.05, 0) is 56.5 Å². The Morgan fingerprint density at radius 1 is 0.808 bits per heavy atom. The average Bonchev–Trinajstić information content (AvgIpc) is 2.88. The Bertz CT molecular complexity index is 1110. The lowest BCUT2D eigenvalue weighted by atomic mass is 10.0. The maximum Gasteiger partial charge on any atom is 0.229 e. The minimum atomic E-state index is 1.22. The number of aromatic nitrogens is 2. The number of aryl methyl sites for hydroxylation is 5. The molecule has 0 N–H and O–H groups in total. The Hall–Kier alpha value is -2.87. The van der Waals surface area contributed by atoms with Crippen molar-refractivity contribution in [1.29, 1.82) is 0 Å². The number of hydrogen-bond donors (Lipinski definition) is 0. The first-order valence-corrected chi connectivity index (χ1v) is 9.12. The smallest absolute Gasteiger partial charge is 0.229 e. The van der Waals surface area contributed by atoms with Gasteiger partial charge in [0.05, 0.1) is 11.2 Å². The van der Waals surface area contributed by atoms with E-state index in [1.54, 1.807) is 0 Å². The van der Waals surface area contributed by atoms with Gasteiger partial charge in [0.15, 0.2) is 6.20 Å². The predicted molar refractivity (Wildman–Crippen MR) is 109 cm³/mol. The van der Waals surface area contributed by atoms with Gasteiger partial charge in [0.25, 0.3) is 0 Å². The molecule has 2 aromatic heterocycles. The van der Waals surface area contributed by atoms with Crippen molar-refractivity contribution in [3.63, 3.8) is 0 Å². The molecule has 130 valence electrons. The molecule has 0 aliphatic carbocycles. The lowest BCUT2D eigenvalue weighted by Gasteiger charge is -2.17. The monoisotopic (exact) mass is 341 g/mol. The fourth-order valence-electron chi connectivity index (χ4n) is 4.23. The molecule has 2 nitrogen and oxygen atoms in total. The summed E-state index contributed by atoms with van der Waals surface area (Å²) in [5.74, 6) is 0. The topological polar surface area (TPSA) is 8.81 Å². The number of nitrogens with zero attached hydrogens (tertiary/aromatic N) is 2. The molecule has 2 aromatic carbocycles. The van der Waals surface area contributed by atoms with Gasteiger partial charge in [0, 0.05) is 17.5 Å². The minimum absolute atomic E-state index is 1.22. The first kappa shape index (κ1) is 16.6. The molecule has 0 saturated carbocycles. The van der Waals surface area contributed by atoms with Crippen LogP contribution in [0.25, 0.3) is 28.0 Å². The van der Waals surface area contributed by atoms with Crippen molar-refractivity contribution in [1.82, 2.24) is 4.57 Å². The molecular formula is C24H25N2+. The third kappa shape index (κ3) is 2.45. The zero-order valence-corrected chi connectivity index (χ0v) is 16.2. The highest BCUT2D eigenvalue weighted by molar-refractivity contribution is 5.93. The van der Waals surface area contributed by atoms with Crippen LogP contribution in [0.4, 0.5) is 0 Å². The summed E-state index contributed by atoms with van der Waals surface area (Å²) in [6, 6.07) is 19.7. The summed E-state index contributed by atoms with van der Waals surface area (Å²) >= 11 is 0. The molecule has 0 saturated heterocycles. The van der Waals surface area contributed by atoms with Crippen molar-refractivity contribution < 1.29 is 4.57 Å². The minimum Gasteiger partial charge on any atom is -0.303 e. The molecule has 0 spiro atoms. The second-order valence-corrected chi connectivity index (χ2v) is 7.27. The van der Waals surface area contributed by atoms with E-state index < -0.39 is 0 Å². The second-order valence-electron chi connectivity index (χ2n) is 7.27. The molecule has 0 aliphatic rings. The summed E-state index contributed by atoms with van der Waals surface area (Å²) < 4.78 is 4.65. The number of rotatable bonds is 2. The van der Waals surface area contributed by atoms with Crippen molar-refractivity contribution in [3.05, 3.63) is 83.0 Å². The molecule has 0 atom stereocenters. The molecule has 4 rings (SSSR count). The van der Waals surface area contributed by atoms with Crippen molar-refractivity contribution >= 4 is 10.9 Å². The van der Waals surface area contributed by atoms with Gasteiger partial charge >= 0.3 is 0 Å². The summed E-state index contributed by atoms with van der Waals surface area (Å²) in [6.45, 7) is 8.84. The van der Waals surface area contributed by atoms with Crippen LogP contribution in [0, 0.1) is 27.7 Å². The van der Waals surface area contributed by atoms with Gasteiger partial charge in [-0.15, -0.1) is 0 Å². The quantitative estimate of drug-likeness (QED) is 0.434. The summed E-state index contributed by atoms with van der Waals surface area (Å²) in [5.41, 5.74) is 10.3. The van der Waals surface area contributed by atoms with Gasteiger partial charge in [0.2, 0.25) is 5.69 Å². The Kier molecular flexibility index (Phi) is 3.91. The van der Waals surface area contributed by atoms with Crippen LogP contribution in [-0.2, 0) is 7.05 Å². The van der Waals surface area contributed by atoms with Gasteiger partial charge in [-0.2, -0.15) is 4.57 Å². The molecule has 0 fully saturated rings. The van der Waals surface area contributed by atoms with Crippen LogP contribution in [0.3, 0.4) is 0 Å². The highest BCUT2D eigenvalue weighted by Gasteiger charge is 2.23. The van der Waals surface area contributed by atoms with Crippen molar-refractivity contribution in [3.8, 4) is 17.1 Å². The van der Waals surface area contributed by atoms with Gasteiger partial charge in [-0.1, -0.05) is 35.9 Å². The van der Waals surface area contributed by atoms with E-state index >= 15 is 0 Å². The van der Waals surface area contributed by atoms with Crippen LogP contribution < -0.4 is 4.57 Å². The number of benzene rings is 2. The largest absolute Gasteiger partial charge is 0.303 e. The molecule has 2 heteroatoms. The van der Waals surface area contributed by atoms with Crippen LogP contribution in [0.15, 0.2) is 60.8 Å². The molecule has 0 amide bonds. The summed E-state index contributed by atoms with van der Waals surface area (Å²) in [4.78, 5) is 0. The highest BCUT2D eigenvalue weighted by Crippen LogP contribution is 2.36. The fourth-order valence-corrected chi connectivity index (χ4v) is 4.23. The standard InChI is InChI=1S/C24H25N2/c1-16-14-17(2)23(18(3)15-16)26-21-11-7-6-10-20(21)19(4)24(26)22-12-8-9-13-25(22)5/h6-15H,1-5H3/q+1. The average molecular weight is 341 g/mol. The molecule has 0 aliphatic heterocycles. The summed E-state index contributed by atoms with van der Waals surface area (Å²) in [7, 11) is 2.12. The first-order chi connectivity index (χ1) is 12.5. The van der Waals surface area contributed by atoms with E-state index in [4.69, 9.17) is 0 Å². The third-order valence-corrected chi connectivity index (χ3v) is 5.28. The van der Waals surface area contributed by atoms with E-state index in [0.29, 0.717) is 0 Å². The number of para-hydroxylation sites is 1. The van der Waals surface area contributed by atoms with Crippen molar-refractivity contribution in [2.45, 2.75) is 27.7 Å². The zero-order chi connectivity index (χ0) is 18.4. The van der Waals surface area contributed by atoms with Crippen LogP contribution in [0.2, 0.25) is 0 Å². The lowest BCUT2D eigenvalue weighted by molar-refractivity contribution is -0.660.